The molecule has 21 heavy (non-hydrogen) atoms. The van der Waals surface area contributed by atoms with E-state index in [1.54, 1.807) is 22.6 Å². The number of hydrogen-bond donors (Lipinski definition) is 2. The first-order chi connectivity index (χ1) is 10.1. The molecule has 1 aromatic heterocycles. The third kappa shape index (κ3) is 1.91. The van der Waals surface area contributed by atoms with Gasteiger partial charge in [0, 0.05) is 25.5 Å². The Bertz CT molecular complexity index is 748. The number of aromatic nitrogens is 1. The van der Waals surface area contributed by atoms with Gasteiger partial charge in [0.1, 0.15) is 5.69 Å². The zero-order chi connectivity index (χ0) is 15.1. The monoisotopic (exact) mass is 288 g/mol. The van der Waals surface area contributed by atoms with Crippen molar-refractivity contribution >= 4 is 22.8 Å². The highest BCUT2D eigenvalue weighted by atomic mass is 16.4. The fraction of sp³-hybridized carbons (Fsp3) is 0.333. The Morgan fingerprint density at radius 1 is 1.38 bits per heavy atom. The van der Waals surface area contributed by atoms with Crippen LogP contribution in [0.15, 0.2) is 18.2 Å². The van der Waals surface area contributed by atoms with Crippen LogP contribution in [0.4, 0.5) is 0 Å². The summed E-state index contributed by atoms with van der Waals surface area (Å²) in [6.45, 7) is 0.665. The summed E-state index contributed by atoms with van der Waals surface area (Å²) < 4.78 is 1.64. The highest BCUT2D eigenvalue weighted by Gasteiger charge is 2.30. The molecule has 0 unspecified atom stereocenters. The van der Waals surface area contributed by atoms with Crippen LogP contribution in [0.25, 0.3) is 10.9 Å². The minimum absolute atomic E-state index is 0.128. The first kappa shape index (κ1) is 13.6. The van der Waals surface area contributed by atoms with Crippen LogP contribution in [0.3, 0.4) is 0 Å². The molecule has 2 heterocycles. The lowest BCUT2D eigenvalue weighted by Gasteiger charge is -2.24. The minimum atomic E-state index is -1.03. The van der Waals surface area contributed by atoms with Gasteiger partial charge in [-0.2, -0.15) is 0 Å². The maximum Gasteiger partial charge on any atom is 0.337 e. The summed E-state index contributed by atoms with van der Waals surface area (Å²) in [6, 6.07) is 5.06. The molecule has 0 saturated carbocycles. The molecule has 1 aromatic carbocycles. The fourth-order valence-electron chi connectivity index (χ4n) is 3.04. The zero-order valence-corrected chi connectivity index (χ0v) is 11.7. The molecule has 110 valence electrons. The third-order valence-electron chi connectivity index (χ3n) is 3.99. The molecule has 0 atom stereocenters. The van der Waals surface area contributed by atoms with E-state index in [4.69, 9.17) is 0 Å². The van der Waals surface area contributed by atoms with Gasteiger partial charge in [-0.3, -0.25) is 4.79 Å². The number of benzene rings is 1. The van der Waals surface area contributed by atoms with E-state index in [1.165, 1.54) is 6.07 Å². The van der Waals surface area contributed by atoms with Gasteiger partial charge in [0.15, 0.2) is 0 Å². The molecule has 0 aliphatic carbocycles. The van der Waals surface area contributed by atoms with Crippen molar-refractivity contribution in [2.45, 2.75) is 13.0 Å². The van der Waals surface area contributed by atoms with Gasteiger partial charge in [0.25, 0.3) is 5.91 Å². The number of aliphatic hydroxyl groups is 1. The normalized spacial score (nSPS) is 14.6. The van der Waals surface area contributed by atoms with Crippen molar-refractivity contribution in [3.05, 3.63) is 35.0 Å². The van der Waals surface area contributed by atoms with Crippen LogP contribution in [0.1, 0.15) is 26.4 Å². The average Bonchev–Trinajstić information content (AvgIpc) is 2.78. The maximum absolute atomic E-state index is 12.4. The fourth-order valence-corrected chi connectivity index (χ4v) is 3.04. The highest BCUT2D eigenvalue weighted by Crippen LogP contribution is 2.32. The average molecular weight is 288 g/mol. The van der Waals surface area contributed by atoms with E-state index in [2.05, 4.69) is 0 Å². The Labute approximate surface area is 121 Å². The Kier molecular flexibility index (Phi) is 3.17. The number of aliphatic hydroxyl groups excluding tert-OH is 1. The topological polar surface area (TPSA) is 82.8 Å². The first-order valence-electron chi connectivity index (χ1n) is 6.80. The van der Waals surface area contributed by atoms with Gasteiger partial charge < -0.3 is 19.7 Å². The van der Waals surface area contributed by atoms with Crippen LogP contribution in [0.2, 0.25) is 0 Å². The Hall–Kier alpha value is -2.34. The summed E-state index contributed by atoms with van der Waals surface area (Å²) in [6.07, 6.45) is 0.690. The second kappa shape index (κ2) is 4.89. The van der Waals surface area contributed by atoms with Crippen molar-refractivity contribution in [1.29, 1.82) is 0 Å². The maximum atomic E-state index is 12.4. The molecule has 1 aliphatic heterocycles. The van der Waals surface area contributed by atoms with Gasteiger partial charge in [-0.1, -0.05) is 12.1 Å². The van der Waals surface area contributed by atoms with E-state index in [0.717, 1.165) is 10.9 Å². The lowest BCUT2D eigenvalue weighted by atomic mass is 10.0. The molecular weight excluding hydrogens is 272 g/mol. The number of aromatic carboxylic acids is 1. The second-order valence-electron chi connectivity index (χ2n) is 5.19. The van der Waals surface area contributed by atoms with Crippen molar-refractivity contribution < 1.29 is 19.8 Å². The van der Waals surface area contributed by atoms with E-state index in [0.29, 0.717) is 24.2 Å². The molecule has 3 rings (SSSR count). The molecule has 2 aromatic rings. The number of hydrogen-bond acceptors (Lipinski definition) is 3. The molecule has 1 aliphatic rings. The number of amides is 1. The number of carbonyl (C=O) groups is 2. The van der Waals surface area contributed by atoms with Gasteiger partial charge in [-0.05, 0) is 18.1 Å². The van der Waals surface area contributed by atoms with Crippen molar-refractivity contribution in [3.8, 4) is 0 Å². The largest absolute Gasteiger partial charge is 0.478 e. The summed E-state index contributed by atoms with van der Waals surface area (Å²) in [5, 5.41) is 19.5. The number of carboxylic acid groups (broad SMARTS) is 1. The SMILES string of the molecule is CN1CCc2c(n(CCO)c3c(C(=O)O)cccc23)C1=O. The van der Waals surface area contributed by atoms with E-state index >= 15 is 0 Å². The number of para-hydroxylation sites is 1. The number of nitrogens with zero attached hydrogens (tertiary/aromatic N) is 2. The number of fused-ring (bicyclic) bond motifs is 3. The summed E-state index contributed by atoms with van der Waals surface area (Å²) >= 11 is 0. The number of carbonyl (C=O) groups excluding carboxylic acids is 1. The number of likely N-dealkylation sites (N-methyl/N-ethyl adjacent to an activating group) is 1. The van der Waals surface area contributed by atoms with Gasteiger partial charge >= 0.3 is 5.97 Å². The molecule has 0 bridgehead atoms. The minimum Gasteiger partial charge on any atom is -0.478 e. The third-order valence-corrected chi connectivity index (χ3v) is 3.99. The Morgan fingerprint density at radius 2 is 2.14 bits per heavy atom. The molecule has 2 N–H and O–H groups in total. The van der Waals surface area contributed by atoms with Gasteiger partial charge in [-0.15, -0.1) is 0 Å². The van der Waals surface area contributed by atoms with Crippen LogP contribution >= 0.6 is 0 Å². The quantitative estimate of drug-likeness (QED) is 0.881. The summed E-state index contributed by atoms with van der Waals surface area (Å²) in [5.41, 5.74) is 2.06. The van der Waals surface area contributed by atoms with Gasteiger partial charge in [0.05, 0.1) is 17.7 Å². The van der Waals surface area contributed by atoms with Crippen molar-refractivity contribution in [1.82, 2.24) is 9.47 Å². The zero-order valence-electron chi connectivity index (χ0n) is 11.7. The van der Waals surface area contributed by atoms with Crippen LogP contribution in [0, 0.1) is 0 Å². The van der Waals surface area contributed by atoms with Crippen molar-refractivity contribution in [2.24, 2.45) is 0 Å². The lowest BCUT2D eigenvalue weighted by Crippen LogP contribution is -2.35. The first-order valence-corrected chi connectivity index (χ1v) is 6.80. The van der Waals surface area contributed by atoms with Crippen LogP contribution in [-0.4, -0.2) is 51.8 Å². The van der Waals surface area contributed by atoms with E-state index < -0.39 is 5.97 Å². The van der Waals surface area contributed by atoms with Crippen LogP contribution in [-0.2, 0) is 13.0 Å². The molecule has 0 spiro atoms. The Morgan fingerprint density at radius 3 is 2.81 bits per heavy atom. The predicted molar refractivity (Wildman–Crippen MR) is 76.6 cm³/mol. The summed E-state index contributed by atoms with van der Waals surface area (Å²) in [4.78, 5) is 25.5. The molecule has 0 fully saturated rings. The molecule has 0 radical (unpaired) electrons. The predicted octanol–water partition coefficient (Wildman–Crippen LogP) is 0.960. The highest BCUT2D eigenvalue weighted by molar-refractivity contribution is 6.09. The molecule has 0 saturated heterocycles. The summed E-state index contributed by atoms with van der Waals surface area (Å²) in [7, 11) is 1.73. The Balaban J connectivity index is 2.41. The number of carboxylic acids is 1. The number of rotatable bonds is 3. The van der Waals surface area contributed by atoms with Crippen molar-refractivity contribution in [2.75, 3.05) is 20.2 Å². The summed E-state index contributed by atoms with van der Waals surface area (Å²) in [5.74, 6) is -1.16. The molecule has 6 heteroatoms. The van der Waals surface area contributed by atoms with Crippen molar-refractivity contribution in [3.63, 3.8) is 0 Å². The lowest BCUT2D eigenvalue weighted by molar-refractivity contribution is 0.0696. The van der Waals surface area contributed by atoms with Crippen LogP contribution < -0.4 is 0 Å². The molecule has 1 amide bonds. The molecular formula is C15H16N2O4. The van der Waals surface area contributed by atoms with E-state index in [-0.39, 0.29) is 24.6 Å². The van der Waals surface area contributed by atoms with E-state index in [9.17, 15) is 19.8 Å². The van der Waals surface area contributed by atoms with Crippen LogP contribution in [0.5, 0.6) is 0 Å². The van der Waals surface area contributed by atoms with Gasteiger partial charge in [0.2, 0.25) is 0 Å². The van der Waals surface area contributed by atoms with Gasteiger partial charge in [-0.25, -0.2) is 4.79 Å². The standard InChI is InChI=1S/C15H16N2O4/c1-16-6-5-10-9-3-2-4-11(15(20)21)12(9)17(7-8-18)13(10)14(16)19/h2-4,18H,5-8H2,1H3,(H,20,21). The van der Waals surface area contributed by atoms with E-state index in [1.807, 2.05) is 6.07 Å². The molecule has 6 nitrogen and oxygen atoms in total. The second-order valence-corrected chi connectivity index (χ2v) is 5.19. The smallest absolute Gasteiger partial charge is 0.337 e.